The van der Waals surface area contributed by atoms with Gasteiger partial charge in [-0.25, -0.2) is 0 Å². The van der Waals surface area contributed by atoms with Crippen LogP contribution in [-0.2, 0) is 6.42 Å². The molecule has 0 fully saturated rings. The van der Waals surface area contributed by atoms with E-state index in [2.05, 4.69) is 66.7 Å². The van der Waals surface area contributed by atoms with E-state index < -0.39 is 0 Å². The highest BCUT2D eigenvalue weighted by Crippen LogP contribution is 2.23. The van der Waals surface area contributed by atoms with Gasteiger partial charge in [-0.1, -0.05) is 36.4 Å². The lowest BCUT2D eigenvalue weighted by Crippen LogP contribution is -2.24. The summed E-state index contributed by atoms with van der Waals surface area (Å²) < 4.78 is 0. The van der Waals surface area contributed by atoms with E-state index in [-0.39, 0.29) is 0 Å². The molecule has 90 valence electrons. The molecule has 0 spiro atoms. The summed E-state index contributed by atoms with van der Waals surface area (Å²) in [7, 11) is 2.20. The van der Waals surface area contributed by atoms with Gasteiger partial charge in [0, 0.05) is 17.5 Å². The van der Waals surface area contributed by atoms with Crippen LogP contribution in [0.3, 0.4) is 0 Å². The molecule has 1 heterocycles. The topological polar surface area (TPSA) is 3.24 Å². The first-order valence-electron chi connectivity index (χ1n) is 6.05. The van der Waals surface area contributed by atoms with E-state index in [0.29, 0.717) is 6.04 Å². The SMILES string of the molecule is CC(c1cccs1)N(C)CCc1ccccc1. The molecule has 1 aromatic carbocycles. The third-order valence-electron chi connectivity index (χ3n) is 3.21. The zero-order valence-corrected chi connectivity index (χ0v) is 11.3. The van der Waals surface area contributed by atoms with Gasteiger partial charge in [-0.3, -0.25) is 4.90 Å². The van der Waals surface area contributed by atoms with Crippen LogP contribution in [0.4, 0.5) is 0 Å². The number of thiophene rings is 1. The van der Waals surface area contributed by atoms with Gasteiger partial charge in [-0.2, -0.15) is 0 Å². The average molecular weight is 245 g/mol. The number of hydrogen-bond acceptors (Lipinski definition) is 2. The number of nitrogens with zero attached hydrogens (tertiary/aromatic N) is 1. The van der Waals surface area contributed by atoms with E-state index >= 15 is 0 Å². The second-order valence-corrected chi connectivity index (χ2v) is 5.39. The van der Waals surface area contributed by atoms with Crippen LogP contribution in [0.5, 0.6) is 0 Å². The van der Waals surface area contributed by atoms with Crippen molar-refractivity contribution in [2.24, 2.45) is 0 Å². The molecule has 0 saturated heterocycles. The van der Waals surface area contributed by atoms with Crippen LogP contribution < -0.4 is 0 Å². The monoisotopic (exact) mass is 245 g/mol. The molecule has 17 heavy (non-hydrogen) atoms. The molecule has 2 aromatic rings. The third kappa shape index (κ3) is 3.42. The first-order chi connectivity index (χ1) is 8.27. The van der Waals surface area contributed by atoms with Gasteiger partial charge in [0.15, 0.2) is 0 Å². The molecule has 0 aliphatic carbocycles. The van der Waals surface area contributed by atoms with Crippen molar-refractivity contribution in [3.8, 4) is 0 Å². The molecule has 0 amide bonds. The molecule has 2 heteroatoms. The smallest absolute Gasteiger partial charge is 0.0410 e. The van der Waals surface area contributed by atoms with E-state index in [0.717, 1.165) is 13.0 Å². The predicted molar refractivity (Wildman–Crippen MR) is 75.5 cm³/mol. The summed E-state index contributed by atoms with van der Waals surface area (Å²) in [6.07, 6.45) is 1.12. The predicted octanol–water partition coefficient (Wildman–Crippen LogP) is 3.98. The summed E-state index contributed by atoms with van der Waals surface area (Å²) in [6.45, 7) is 3.37. The van der Waals surface area contributed by atoms with Crippen molar-refractivity contribution in [1.29, 1.82) is 0 Å². The van der Waals surface area contributed by atoms with E-state index in [4.69, 9.17) is 0 Å². The quantitative estimate of drug-likeness (QED) is 0.770. The maximum Gasteiger partial charge on any atom is 0.0410 e. The van der Waals surface area contributed by atoms with Crippen molar-refractivity contribution in [3.63, 3.8) is 0 Å². The van der Waals surface area contributed by atoms with E-state index in [1.165, 1.54) is 10.4 Å². The molecule has 0 saturated carbocycles. The second kappa shape index (κ2) is 5.99. The van der Waals surface area contributed by atoms with Crippen molar-refractivity contribution in [2.75, 3.05) is 13.6 Å². The Hall–Kier alpha value is -1.12. The first-order valence-corrected chi connectivity index (χ1v) is 6.93. The Bertz CT molecular complexity index is 421. The lowest BCUT2D eigenvalue weighted by atomic mass is 10.1. The van der Waals surface area contributed by atoms with E-state index in [1.54, 1.807) is 0 Å². The molecule has 1 unspecified atom stereocenters. The van der Waals surface area contributed by atoms with Gasteiger partial charge in [-0.05, 0) is 37.4 Å². The van der Waals surface area contributed by atoms with Crippen LogP contribution in [0.1, 0.15) is 23.4 Å². The van der Waals surface area contributed by atoms with Crippen molar-refractivity contribution in [2.45, 2.75) is 19.4 Å². The largest absolute Gasteiger partial charge is 0.299 e. The Labute approximate surface area is 108 Å². The zero-order valence-electron chi connectivity index (χ0n) is 10.5. The van der Waals surface area contributed by atoms with Gasteiger partial charge >= 0.3 is 0 Å². The molecular formula is C15H19NS. The lowest BCUT2D eigenvalue weighted by Gasteiger charge is -2.23. The fraction of sp³-hybridized carbons (Fsp3) is 0.333. The highest BCUT2D eigenvalue weighted by molar-refractivity contribution is 7.10. The summed E-state index contributed by atoms with van der Waals surface area (Å²) in [5.74, 6) is 0. The number of likely N-dealkylation sites (N-methyl/N-ethyl adjacent to an activating group) is 1. The minimum Gasteiger partial charge on any atom is -0.299 e. The minimum atomic E-state index is 0.513. The van der Waals surface area contributed by atoms with Crippen LogP contribution in [0.15, 0.2) is 47.8 Å². The molecular weight excluding hydrogens is 226 g/mol. The van der Waals surface area contributed by atoms with Crippen molar-refractivity contribution >= 4 is 11.3 Å². The van der Waals surface area contributed by atoms with Crippen LogP contribution in [-0.4, -0.2) is 18.5 Å². The lowest BCUT2D eigenvalue weighted by molar-refractivity contribution is 0.268. The minimum absolute atomic E-state index is 0.513. The van der Waals surface area contributed by atoms with Gasteiger partial charge in [-0.15, -0.1) is 11.3 Å². The highest BCUT2D eigenvalue weighted by Gasteiger charge is 2.11. The zero-order chi connectivity index (χ0) is 12.1. The first kappa shape index (κ1) is 12.3. The standard InChI is InChI=1S/C15H19NS/c1-13(15-9-6-12-17-15)16(2)11-10-14-7-4-3-5-8-14/h3-9,12-13H,10-11H2,1-2H3. The van der Waals surface area contributed by atoms with Gasteiger partial charge in [0.25, 0.3) is 0 Å². The van der Waals surface area contributed by atoms with Crippen molar-refractivity contribution < 1.29 is 0 Å². The molecule has 1 nitrogen and oxygen atoms in total. The van der Waals surface area contributed by atoms with Gasteiger partial charge < -0.3 is 0 Å². The summed E-state index contributed by atoms with van der Waals surface area (Å²) in [5, 5.41) is 2.15. The number of rotatable bonds is 5. The van der Waals surface area contributed by atoms with Crippen LogP contribution >= 0.6 is 11.3 Å². The van der Waals surface area contributed by atoms with E-state index in [1.807, 2.05) is 11.3 Å². The van der Waals surface area contributed by atoms with E-state index in [9.17, 15) is 0 Å². The summed E-state index contributed by atoms with van der Waals surface area (Å²) in [6, 6.07) is 15.5. The molecule has 1 aromatic heterocycles. The number of benzene rings is 1. The summed E-state index contributed by atoms with van der Waals surface area (Å²) in [5.41, 5.74) is 1.41. The van der Waals surface area contributed by atoms with Gasteiger partial charge in [0.05, 0.1) is 0 Å². The maximum atomic E-state index is 2.42. The van der Waals surface area contributed by atoms with Crippen molar-refractivity contribution in [1.82, 2.24) is 4.90 Å². The maximum absolute atomic E-state index is 2.42. The molecule has 0 aliphatic heterocycles. The Balaban J connectivity index is 1.87. The van der Waals surface area contributed by atoms with Crippen molar-refractivity contribution in [3.05, 3.63) is 58.3 Å². The summed E-state index contributed by atoms with van der Waals surface area (Å²) in [4.78, 5) is 3.86. The van der Waals surface area contributed by atoms with Crippen LogP contribution in [0, 0.1) is 0 Å². The molecule has 0 N–H and O–H groups in total. The third-order valence-corrected chi connectivity index (χ3v) is 4.25. The normalized spacial score (nSPS) is 12.9. The summed E-state index contributed by atoms with van der Waals surface area (Å²) >= 11 is 1.84. The molecule has 0 bridgehead atoms. The fourth-order valence-electron chi connectivity index (χ4n) is 1.89. The molecule has 0 radical (unpaired) electrons. The average Bonchev–Trinajstić information content (AvgIpc) is 2.90. The van der Waals surface area contributed by atoms with Crippen LogP contribution in [0.25, 0.3) is 0 Å². The Kier molecular flexibility index (Phi) is 4.35. The highest BCUT2D eigenvalue weighted by atomic mass is 32.1. The Morgan fingerprint density at radius 2 is 1.88 bits per heavy atom. The molecule has 2 rings (SSSR count). The molecule has 1 atom stereocenters. The Morgan fingerprint density at radius 3 is 2.53 bits per heavy atom. The second-order valence-electron chi connectivity index (χ2n) is 4.41. The Morgan fingerprint density at radius 1 is 1.12 bits per heavy atom. The van der Waals surface area contributed by atoms with Gasteiger partial charge in [0.1, 0.15) is 0 Å². The fourth-order valence-corrected chi connectivity index (χ4v) is 2.74. The van der Waals surface area contributed by atoms with Gasteiger partial charge in [0.2, 0.25) is 0 Å². The number of hydrogen-bond donors (Lipinski definition) is 0. The molecule has 0 aliphatic rings. The van der Waals surface area contributed by atoms with Crippen LogP contribution in [0.2, 0.25) is 0 Å².